The molecule has 0 N–H and O–H groups in total. The van der Waals surface area contributed by atoms with Gasteiger partial charge in [-0.3, -0.25) is 13.9 Å². The summed E-state index contributed by atoms with van der Waals surface area (Å²) in [7, 11) is 3.50. The lowest BCUT2D eigenvalue weighted by Gasteiger charge is -1.97. The lowest BCUT2D eigenvalue weighted by atomic mass is 10.2. The second-order valence-electron chi connectivity index (χ2n) is 6.28. The number of imidazole rings is 2. The van der Waals surface area contributed by atoms with Gasteiger partial charge in [-0.25, -0.2) is 14.2 Å². The van der Waals surface area contributed by atoms with Crippen LogP contribution in [0.5, 0.6) is 0 Å². The molecule has 0 aliphatic heterocycles. The minimum Gasteiger partial charge on any atom is -0.295 e. The first-order valence-electron chi connectivity index (χ1n) is 8.12. The number of benzene rings is 2. The fourth-order valence-electron chi connectivity index (χ4n) is 3.38. The lowest BCUT2D eigenvalue weighted by Crippen LogP contribution is -2.22. The van der Waals surface area contributed by atoms with Crippen LogP contribution < -0.4 is 15.8 Å². The minimum atomic E-state index is -0.0688. The molecule has 3 aromatic heterocycles. The molecule has 7 heteroatoms. The zero-order valence-corrected chi connectivity index (χ0v) is 14.9. The van der Waals surface area contributed by atoms with Crippen LogP contribution >= 0.6 is 11.3 Å². The van der Waals surface area contributed by atoms with Gasteiger partial charge in [0.1, 0.15) is 0 Å². The molecule has 0 saturated heterocycles. The summed E-state index contributed by atoms with van der Waals surface area (Å²) in [6.45, 7) is 0. The van der Waals surface area contributed by atoms with E-state index < -0.39 is 0 Å². The van der Waals surface area contributed by atoms with Crippen LogP contribution in [-0.4, -0.2) is 18.5 Å². The van der Waals surface area contributed by atoms with Gasteiger partial charge in [0.05, 0.1) is 26.6 Å². The zero-order valence-electron chi connectivity index (χ0n) is 14.1. The van der Waals surface area contributed by atoms with Crippen molar-refractivity contribution in [2.45, 2.75) is 0 Å². The second-order valence-corrected chi connectivity index (χ2v) is 7.29. The molecule has 26 heavy (non-hydrogen) atoms. The maximum Gasteiger partial charge on any atom is 0.328 e. The monoisotopic (exact) mass is 362 g/mol. The maximum atomic E-state index is 12.8. The van der Waals surface area contributed by atoms with E-state index in [2.05, 4.69) is 4.98 Å². The molecule has 0 aliphatic carbocycles. The molecule has 0 radical (unpaired) electrons. The van der Waals surface area contributed by atoms with Crippen LogP contribution in [0.25, 0.3) is 33.1 Å². The van der Waals surface area contributed by atoms with Crippen molar-refractivity contribution in [1.29, 1.82) is 0 Å². The van der Waals surface area contributed by atoms with Crippen LogP contribution in [0.15, 0.2) is 52.1 Å². The van der Waals surface area contributed by atoms with Crippen LogP contribution in [0.3, 0.4) is 0 Å². The average molecular weight is 362 g/mol. The van der Waals surface area contributed by atoms with Crippen LogP contribution in [0.2, 0.25) is 0 Å². The van der Waals surface area contributed by atoms with Gasteiger partial charge < -0.3 is 0 Å². The zero-order chi connectivity index (χ0) is 18.0. The van der Waals surface area contributed by atoms with Crippen LogP contribution in [0.1, 0.15) is 5.56 Å². The van der Waals surface area contributed by atoms with Gasteiger partial charge in [-0.15, -0.1) is 0 Å². The summed E-state index contributed by atoms with van der Waals surface area (Å²) in [5, 5.41) is 0. The highest BCUT2D eigenvalue weighted by Gasteiger charge is 2.11. The SMILES string of the molecule is Cn1c(=O)n(C)c2cc(/C=c3\sc4nc5ccccc5n4c3=O)ccc21. The Balaban J connectivity index is 1.77. The molecular weight excluding hydrogens is 348 g/mol. The summed E-state index contributed by atoms with van der Waals surface area (Å²) >= 11 is 1.37. The molecule has 0 amide bonds. The van der Waals surface area contributed by atoms with E-state index in [1.165, 1.54) is 11.3 Å². The molecule has 128 valence electrons. The molecule has 0 spiro atoms. The molecule has 0 saturated carbocycles. The van der Waals surface area contributed by atoms with Crippen molar-refractivity contribution in [3.05, 3.63) is 73.4 Å². The van der Waals surface area contributed by atoms with E-state index in [4.69, 9.17) is 0 Å². The standard InChI is InChI=1S/C19H14N4O2S/c1-21-14-8-7-11(9-15(14)22(2)19(21)25)10-16-17(24)23-13-6-4-3-5-12(13)20-18(23)26-16/h3-10H,1-2H3/b16-10-. The van der Waals surface area contributed by atoms with Gasteiger partial charge in [-0.1, -0.05) is 29.5 Å². The number of thiazole rings is 1. The summed E-state index contributed by atoms with van der Waals surface area (Å²) in [6.07, 6.45) is 1.85. The third-order valence-electron chi connectivity index (χ3n) is 4.74. The number of aryl methyl sites for hydroxylation is 2. The quantitative estimate of drug-likeness (QED) is 0.456. The molecular formula is C19H14N4O2S. The molecule has 0 fully saturated rings. The van der Waals surface area contributed by atoms with E-state index >= 15 is 0 Å². The smallest absolute Gasteiger partial charge is 0.295 e. The van der Waals surface area contributed by atoms with Crippen LogP contribution in [0.4, 0.5) is 0 Å². The normalized spacial score (nSPS) is 12.8. The van der Waals surface area contributed by atoms with Crippen molar-refractivity contribution < 1.29 is 0 Å². The topological polar surface area (TPSA) is 61.3 Å². The Morgan fingerprint density at radius 2 is 1.73 bits per heavy atom. The second kappa shape index (κ2) is 5.15. The van der Waals surface area contributed by atoms with Crippen LogP contribution in [0, 0.1) is 0 Å². The molecule has 5 aromatic rings. The van der Waals surface area contributed by atoms with Crippen LogP contribution in [-0.2, 0) is 14.1 Å². The molecule has 5 rings (SSSR count). The highest BCUT2D eigenvalue weighted by molar-refractivity contribution is 7.15. The number of para-hydroxylation sites is 2. The summed E-state index contributed by atoms with van der Waals surface area (Å²) < 4.78 is 5.50. The number of hydrogen-bond donors (Lipinski definition) is 0. The van der Waals surface area contributed by atoms with Crippen molar-refractivity contribution in [3.8, 4) is 0 Å². The molecule has 0 unspecified atom stereocenters. The number of fused-ring (bicyclic) bond motifs is 4. The number of rotatable bonds is 1. The Bertz CT molecular complexity index is 1500. The first kappa shape index (κ1) is 15.1. The average Bonchev–Trinajstić information content (AvgIpc) is 3.22. The van der Waals surface area contributed by atoms with Crippen molar-refractivity contribution in [2.75, 3.05) is 0 Å². The van der Waals surface area contributed by atoms with Crippen molar-refractivity contribution in [2.24, 2.45) is 14.1 Å². The summed E-state index contributed by atoms with van der Waals surface area (Å²) in [4.78, 5) is 30.1. The molecule has 0 bridgehead atoms. The fraction of sp³-hybridized carbons (Fsp3) is 0.105. The lowest BCUT2D eigenvalue weighted by molar-refractivity contribution is 0.795. The first-order valence-corrected chi connectivity index (χ1v) is 8.93. The Morgan fingerprint density at radius 1 is 0.962 bits per heavy atom. The highest BCUT2D eigenvalue weighted by atomic mass is 32.1. The minimum absolute atomic E-state index is 0.0669. The molecule has 0 aliphatic rings. The Hall–Kier alpha value is -3.19. The molecule has 2 aromatic carbocycles. The summed E-state index contributed by atoms with van der Waals surface area (Å²) in [5.41, 5.74) is 4.09. The largest absolute Gasteiger partial charge is 0.328 e. The number of hydrogen-bond acceptors (Lipinski definition) is 4. The van der Waals surface area contributed by atoms with E-state index in [0.29, 0.717) is 9.49 Å². The van der Waals surface area contributed by atoms with Gasteiger partial charge in [-0.2, -0.15) is 0 Å². The van der Waals surface area contributed by atoms with E-state index in [1.807, 2.05) is 48.5 Å². The Labute approximate surface area is 150 Å². The predicted molar refractivity (Wildman–Crippen MR) is 104 cm³/mol. The predicted octanol–water partition coefficient (Wildman–Crippen LogP) is 1.65. The Morgan fingerprint density at radius 3 is 2.58 bits per heavy atom. The van der Waals surface area contributed by atoms with E-state index in [-0.39, 0.29) is 11.2 Å². The third kappa shape index (κ3) is 1.94. The van der Waals surface area contributed by atoms with E-state index in [9.17, 15) is 9.59 Å². The van der Waals surface area contributed by atoms with Crippen molar-refractivity contribution in [1.82, 2.24) is 18.5 Å². The third-order valence-corrected chi connectivity index (χ3v) is 5.71. The van der Waals surface area contributed by atoms with Gasteiger partial charge in [-0.05, 0) is 35.9 Å². The maximum absolute atomic E-state index is 12.8. The summed E-state index contributed by atoms with van der Waals surface area (Å²) in [5.74, 6) is 0. The number of aromatic nitrogens is 4. The molecule has 0 atom stereocenters. The van der Waals surface area contributed by atoms with Gasteiger partial charge in [0.25, 0.3) is 5.56 Å². The summed E-state index contributed by atoms with van der Waals surface area (Å²) in [6, 6.07) is 13.4. The van der Waals surface area contributed by atoms with Gasteiger partial charge in [0.2, 0.25) is 0 Å². The van der Waals surface area contributed by atoms with Crippen molar-refractivity contribution >= 4 is 44.4 Å². The number of nitrogens with zero attached hydrogens (tertiary/aromatic N) is 4. The molecule has 3 heterocycles. The van der Waals surface area contributed by atoms with Gasteiger partial charge >= 0.3 is 5.69 Å². The van der Waals surface area contributed by atoms with Gasteiger partial charge in [0.15, 0.2) is 4.96 Å². The Kier molecular flexibility index (Phi) is 2.99. The first-order chi connectivity index (χ1) is 12.5. The van der Waals surface area contributed by atoms with E-state index in [0.717, 1.165) is 27.6 Å². The van der Waals surface area contributed by atoms with Gasteiger partial charge in [0, 0.05) is 14.1 Å². The van der Waals surface area contributed by atoms with E-state index in [1.54, 1.807) is 27.6 Å². The fourth-order valence-corrected chi connectivity index (χ4v) is 4.36. The van der Waals surface area contributed by atoms with Crippen molar-refractivity contribution in [3.63, 3.8) is 0 Å². The highest BCUT2D eigenvalue weighted by Crippen LogP contribution is 2.17. The molecule has 6 nitrogen and oxygen atoms in total.